The van der Waals surface area contributed by atoms with Gasteiger partial charge in [-0.25, -0.2) is 0 Å². The van der Waals surface area contributed by atoms with Crippen LogP contribution in [0.4, 0.5) is 0 Å². The van der Waals surface area contributed by atoms with Crippen molar-refractivity contribution in [2.24, 2.45) is 23.5 Å². The summed E-state index contributed by atoms with van der Waals surface area (Å²) in [6, 6.07) is 0.319. The van der Waals surface area contributed by atoms with Crippen molar-refractivity contribution in [3.05, 3.63) is 0 Å². The van der Waals surface area contributed by atoms with Gasteiger partial charge in [0.2, 0.25) is 5.91 Å². The van der Waals surface area contributed by atoms with E-state index in [9.17, 15) is 4.79 Å². The Morgan fingerprint density at radius 2 is 1.95 bits per heavy atom. The zero-order chi connectivity index (χ0) is 14.5. The number of carbonyl (C=O) groups excluding carboxylic acids is 1. The van der Waals surface area contributed by atoms with Crippen LogP contribution in [-0.4, -0.2) is 29.9 Å². The van der Waals surface area contributed by atoms with Gasteiger partial charge in [-0.1, -0.05) is 33.1 Å². The highest BCUT2D eigenvalue weighted by Crippen LogP contribution is 2.31. The van der Waals surface area contributed by atoms with Crippen molar-refractivity contribution in [3.63, 3.8) is 0 Å². The average molecular weight is 280 g/mol. The lowest BCUT2D eigenvalue weighted by atomic mass is 9.78. The number of hydrogen-bond acceptors (Lipinski definition) is 2. The Bertz CT molecular complexity index is 310. The van der Waals surface area contributed by atoms with Crippen LogP contribution in [-0.2, 0) is 4.79 Å². The van der Waals surface area contributed by atoms with Crippen LogP contribution >= 0.6 is 0 Å². The maximum absolute atomic E-state index is 12.7. The highest BCUT2D eigenvalue weighted by molar-refractivity contribution is 5.78. The van der Waals surface area contributed by atoms with Gasteiger partial charge in [-0.15, -0.1) is 0 Å². The SMILES string of the molecule is CCCC1CCN(C(=O)C(C)C2CCCC(N)C2)CC1. The molecule has 0 spiro atoms. The van der Waals surface area contributed by atoms with E-state index in [1.54, 1.807) is 0 Å². The Morgan fingerprint density at radius 3 is 2.55 bits per heavy atom. The second kappa shape index (κ2) is 7.44. The fraction of sp³-hybridized carbons (Fsp3) is 0.941. The Morgan fingerprint density at radius 1 is 1.25 bits per heavy atom. The second-order valence-corrected chi connectivity index (χ2v) is 7.03. The number of carbonyl (C=O) groups is 1. The van der Waals surface area contributed by atoms with Gasteiger partial charge in [0.25, 0.3) is 0 Å². The summed E-state index contributed by atoms with van der Waals surface area (Å²) >= 11 is 0. The molecule has 0 aromatic carbocycles. The van der Waals surface area contributed by atoms with E-state index in [1.807, 2.05) is 0 Å². The predicted octanol–water partition coefficient (Wildman–Crippen LogP) is 3.18. The molecule has 0 bridgehead atoms. The van der Waals surface area contributed by atoms with Gasteiger partial charge in [0.15, 0.2) is 0 Å². The molecule has 0 radical (unpaired) electrons. The van der Waals surface area contributed by atoms with Crippen LogP contribution in [0.15, 0.2) is 0 Å². The second-order valence-electron chi connectivity index (χ2n) is 7.03. The lowest BCUT2D eigenvalue weighted by Crippen LogP contribution is -2.44. The van der Waals surface area contributed by atoms with Crippen LogP contribution in [0, 0.1) is 17.8 Å². The summed E-state index contributed by atoms with van der Waals surface area (Å²) in [6.07, 6.45) is 9.57. The first-order valence-corrected chi connectivity index (χ1v) is 8.66. The molecule has 3 nitrogen and oxygen atoms in total. The van der Waals surface area contributed by atoms with Gasteiger partial charge in [-0.05, 0) is 43.9 Å². The predicted molar refractivity (Wildman–Crippen MR) is 83.3 cm³/mol. The van der Waals surface area contributed by atoms with Gasteiger partial charge in [-0.3, -0.25) is 4.79 Å². The Balaban J connectivity index is 1.82. The number of nitrogens with two attached hydrogens (primary N) is 1. The largest absolute Gasteiger partial charge is 0.342 e. The van der Waals surface area contributed by atoms with Crippen molar-refractivity contribution in [1.29, 1.82) is 0 Å². The van der Waals surface area contributed by atoms with Gasteiger partial charge >= 0.3 is 0 Å². The number of amides is 1. The lowest BCUT2D eigenvalue weighted by molar-refractivity contribution is -0.138. The fourth-order valence-corrected chi connectivity index (χ4v) is 4.06. The number of nitrogens with zero attached hydrogens (tertiary/aromatic N) is 1. The van der Waals surface area contributed by atoms with Gasteiger partial charge in [0.1, 0.15) is 0 Å². The molecule has 1 saturated carbocycles. The van der Waals surface area contributed by atoms with E-state index in [4.69, 9.17) is 5.73 Å². The summed E-state index contributed by atoms with van der Waals surface area (Å²) in [5.41, 5.74) is 6.07. The molecule has 1 aliphatic heterocycles. The summed E-state index contributed by atoms with van der Waals surface area (Å²) < 4.78 is 0. The van der Waals surface area contributed by atoms with E-state index < -0.39 is 0 Å². The van der Waals surface area contributed by atoms with Crippen LogP contribution in [0.1, 0.15) is 65.2 Å². The van der Waals surface area contributed by atoms with Crippen molar-refractivity contribution in [1.82, 2.24) is 4.90 Å². The Hall–Kier alpha value is -0.570. The van der Waals surface area contributed by atoms with Crippen molar-refractivity contribution in [2.45, 2.75) is 71.3 Å². The minimum Gasteiger partial charge on any atom is -0.342 e. The molecule has 3 unspecified atom stereocenters. The normalized spacial score (nSPS) is 30.2. The zero-order valence-corrected chi connectivity index (χ0v) is 13.3. The van der Waals surface area contributed by atoms with E-state index in [2.05, 4.69) is 18.7 Å². The first kappa shape index (κ1) is 15.8. The third-order valence-corrected chi connectivity index (χ3v) is 5.48. The maximum atomic E-state index is 12.7. The molecule has 1 amide bonds. The van der Waals surface area contributed by atoms with Crippen molar-refractivity contribution in [3.8, 4) is 0 Å². The first-order valence-electron chi connectivity index (χ1n) is 8.66. The van der Waals surface area contributed by atoms with E-state index >= 15 is 0 Å². The monoisotopic (exact) mass is 280 g/mol. The quantitative estimate of drug-likeness (QED) is 0.859. The van der Waals surface area contributed by atoms with Crippen molar-refractivity contribution >= 4 is 5.91 Å². The van der Waals surface area contributed by atoms with Crippen molar-refractivity contribution in [2.75, 3.05) is 13.1 Å². The molecule has 2 N–H and O–H groups in total. The molecule has 2 aliphatic rings. The minimum absolute atomic E-state index is 0.170. The molecule has 1 saturated heterocycles. The number of likely N-dealkylation sites (tertiary alicyclic amines) is 1. The van der Waals surface area contributed by atoms with Gasteiger partial charge < -0.3 is 10.6 Å². The average Bonchev–Trinajstić information content (AvgIpc) is 2.47. The first-order chi connectivity index (χ1) is 9.61. The van der Waals surface area contributed by atoms with E-state index in [0.717, 1.165) is 31.8 Å². The molecule has 20 heavy (non-hydrogen) atoms. The van der Waals surface area contributed by atoms with Gasteiger partial charge in [-0.2, -0.15) is 0 Å². The molecular formula is C17H32N2O. The van der Waals surface area contributed by atoms with Crippen LogP contribution < -0.4 is 5.73 Å². The van der Waals surface area contributed by atoms with Gasteiger partial charge in [0, 0.05) is 25.0 Å². The summed E-state index contributed by atoms with van der Waals surface area (Å²) in [7, 11) is 0. The standard InChI is InChI=1S/C17H32N2O/c1-3-5-14-8-10-19(11-9-14)17(20)13(2)15-6-4-7-16(18)12-15/h13-16H,3-12,18H2,1-2H3. The molecule has 0 aromatic rings. The lowest BCUT2D eigenvalue weighted by Gasteiger charge is -2.37. The molecule has 2 rings (SSSR count). The summed E-state index contributed by atoms with van der Waals surface area (Å²) in [6.45, 7) is 6.34. The molecule has 3 atom stereocenters. The molecule has 1 aliphatic carbocycles. The molecule has 0 aromatic heterocycles. The fourth-order valence-electron chi connectivity index (χ4n) is 4.06. The highest BCUT2D eigenvalue weighted by Gasteiger charge is 2.32. The number of hydrogen-bond donors (Lipinski definition) is 1. The number of piperidine rings is 1. The van der Waals surface area contributed by atoms with E-state index in [-0.39, 0.29) is 5.92 Å². The molecule has 1 heterocycles. The van der Waals surface area contributed by atoms with Crippen LogP contribution in [0.5, 0.6) is 0 Å². The Labute approximate surface area is 124 Å². The molecule has 3 heteroatoms. The summed E-state index contributed by atoms with van der Waals surface area (Å²) in [5, 5.41) is 0. The summed E-state index contributed by atoms with van der Waals surface area (Å²) in [5.74, 6) is 1.92. The molecular weight excluding hydrogens is 248 g/mol. The summed E-state index contributed by atoms with van der Waals surface area (Å²) in [4.78, 5) is 14.8. The maximum Gasteiger partial charge on any atom is 0.225 e. The van der Waals surface area contributed by atoms with Crippen LogP contribution in [0.3, 0.4) is 0 Å². The van der Waals surface area contributed by atoms with E-state index in [1.165, 1.54) is 38.5 Å². The van der Waals surface area contributed by atoms with E-state index in [0.29, 0.717) is 17.9 Å². The van der Waals surface area contributed by atoms with Crippen LogP contribution in [0.25, 0.3) is 0 Å². The third kappa shape index (κ3) is 3.97. The third-order valence-electron chi connectivity index (χ3n) is 5.48. The molecule has 116 valence electrons. The van der Waals surface area contributed by atoms with Crippen LogP contribution in [0.2, 0.25) is 0 Å². The highest BCUT2D eigenvalue weighted by atomic mass is 16.2. The zero-order valence-electron chi connectivity index (χ0n) is 13.3. The molecule has 2 fully saturated rings. The minimum atomic E-state index is 0.170. The topological polar surface area (TPSA) is 46.3 Å². The van der Waals surface area contributed by atoms with Crippen molar-refractivity contribution < 1.29 is 4.79 Å². The van der Waals surface area contributed by atoms with Gasteiger partial charge in [0.05, 0.1) is 0 Å². The smallest absolute Gasteiger partial charge is 0.225 e. The Kier molecular flexibility index (Phi) is 5.88. The number of rotatable bonds is 4.